The number of benzene rings is 3. The Labute approximate surface area is 138 Å². The Morgan fingerprint density at radius 1 is 0.826 bits per heavy atom. The molecule has 23 heavy (non-hydrogen) atoms. The van der Waals surface area contributed by atoms with E-state index in [1.165, 1.54) is 11.8 Å². The SMILES string of the molecule is CSC(=O)c1ccccc1-c1cccc2oc3ccccc3c12. The van der Waals surface area contributed by atoms with Crippen LogP contribution in [-0.2, 0) is 0 Å². The molecule has 0 N–H and O–H groups in total. The fraction of sp³-hybridized carbons (Fsp3) is 0.0500. The molecule has 0 aliphatic carbocycles. The van der Waals surface area contributed by atoms with Gasteiger partial charge < -0.3 is 4.42 Å². The molecule has 0 spiro atoms. The minimum absolute atomic E-state index is 0.0744. The second kappa shape index (κ2) is 5.60. The van der Waals surface area contributed by atoms with Gasteiger partial charge in [0.1, 0.15) is 11.2 Å². The lowest BCUT2D eigenvalue weighted by molar-refractivity contribution is 0.109. The van der Waals surface area contributed by atoms with Crippen LogP contribution in [0.1, 0.15) is 10.4 Å². The summed E-state index contributed by atoms with van der Waals surface area (Å²) >= 11 is 1.24. The van der Waals surface area contributed by atoms with Crippen LogP contribution in [0.3, 0.4) is 0 Å². The summed E-state index contributed by atoms with van der Waals surface area (Å²) in [5, 5.41) is 2.21. The minimum atomic E-state index is 0.0744. The van der Waals surface area contributed by atoms with Gasteiger partial charge in [-0.2, -0.15) is 0 Å². The Morgan fingerprint density at radius 3 is 2.39 bits per heavy atom. The summed E-state index contributed by atoms with van der Waals surface area (Å²) in [6.45, 7) is 0. The van der Waals surface area contributed by atoms with E-state index in [0.717, 1.165) is 38.6 Å². The second-order valence-corrected chi connectivity index (χ2v) is 6.09. The number of thioether (sulfide) groups is 1. The average molecular weight is 318 g/mol. The van der Waals surface area contributed by atoms with E-state index in [1.54, 1.807) is 0 Å². The van der Waals surface area contributed by atoms with Gasteiger partial charge in [-0.1, -0.05) is 60.3 Å². The Hall–Kier alpha value is -2.52. The molecule has 2 nitrogen and oxygen atoms in total. The van der Waals surface area contributed by atoms with Crippen molar-refractivity contribution in [1.29, 1.82) is 0 Å². The highest BCUT2D eigenvalue weighted by atomic mass is 32.2. The van der Waals surface area contributed by atoms with Crippen molar-refractivity contribution in [3.8, 4) is 11.1 Å². The van der Waals surface area contributed by atoms with Crippen molar-refractivity contribution in [1.82, 2.24) is 0 Å². The molecule has 0 saturated carbocycles. The maximum absolute atomic E-state index is 12.3. The summed E-state index contributed by atoms with van der Waals surface area (Å²) in [6.07, 6.45) is 1.81. The highest BCUT2D eigenvalue weighted by Crippen LogP contribution is 2.38. The van der Waals surface area contributed by atoms with Gasteiger partial charge in [-0.3, -0.25) is 4.79 Å². The molecule has 0 amide bonds. The van der Waals surface area contributed by atoms with Crippen molar-refractivity contribution < 1.29 is 9.21 Å². The number of hydrogen-bond acceptors (Lipinski definition) is 3. The first-order chi connectivity index (χ1) is 11.3. The number of furan rings is 1. The Morgan fingerprint density at radius 2 is 1.52 bits per heavy atom. The van der Waals surface area contributed by atoms with Crippen molar-refractivity contribution in [2.45, 2.75) is 0 Å². The minimum Gasteiger partial charge on any atom is -0.456 e. The van der Waals surface area contributed by atoms with Gasteiger partial charge in [-0.05, 0) is 35.6 Å². The molecule has 1 aromatic heterocycles. The molecule has 1 heterocycles. The molecule has 0 aliphatic rings. The summed E-state index contributed by atoms with van der Waals surface area (Å²) in [5.41, 5.74) is 4.42. The smallest absolute Gasteiger partial charge is 0.219 e. The van der Waals surface area contributed by atoms with Gasteiger partial charge in [0.15, 0.2) is 0 Å². The lowest BCUT2D eigenvalue weighted by Gasteiger charge is -2.09. The molecule has 3 heteroatoms. The molecule has 0 atom stereocenters. The molecular formula is C20H14O2S. The maximum Gasteiger partial charge on any atom is 0.219 e. The normalized spacial score (nSPS) is 11.2. The van der Waals surface area contributed by atoms with Gasteiger partial charge in [-0.15, -0.1) is 0 Å². The summed E-state index contributed by atoms with van der Waals surface area (Å²) in [7, 11) is 0. The molecule has 112 valence electrons. The van der Waals surface area contributed by atoms with E-state index in [4.69, 9.17) is 4.42 Å². The van der Waals surface area contributed by atoms with E-state index in [-0.39, 0.29) is 5.12 Å². The monoisotopic (exact) mass is 318 g/mol. The lowest BCUT2D eigenvalue weighted by Crippen LogP contribution is -1.96. The highest BCUT2D eigenvalue weighted by Gasteiger charge is 2.16. The summed E-state index contributed by atoms with van der Waals surface area (Å²) < 4.78 is 5.95. The average Bonchev–Trinajstić information content (AvgIpc) is 2.99. The largest absolute Gasteiger partial charge is 0.456 e. The van der Waals surface area contributed by atoms with Crippen molar-refractivity contribution >= 4 is 38.8 Å². The van der Waals surface area contributed by atoms with E-state index in [0.29, 0.717) is 0 Å². The van der Waals surface area contributed by atoms with Crippen LogP contribution in [0, 0.1) is 0 Å². The number of para-hydroxylation sites is 1. The third kappa shape index (κ3) is 2.25. The van der Waals surface area contributed by atoms with Gasteiger partial charge in [0.2, 0.25) is 5.12 Å². The van der Waals surface area contributed by atoms with Crippen LogP contribution >= 0.6 is 11.8 Å². The first-order valence-electron chi connectivity index (χ1n) is 7.37. The molecule has 0 saturated heterocycles. The Balaban J connectivity index is 2.09. The zero-order valence-corrected chi connectivity index (χ0v) is 13.4. The molecule has 0 fully saturated rings. The van der Waals surface area contributed by atoms with E-state index in [2.05, 4.69) is 12.1 Å². The molecule has 0 radical (unpaired) electrons. The van der Waals surface area contributed by atoms with E-state index in [9.17, 15) is 4.79 Å². The van der Waals surface area contributed by atoms with E-state index >= 15 is 0 Å². The van der Waals surface area contributed by atoms with Crippen molar-refractivity contribution in [2.24, 2.45) is 0 Å². The van der Waals surface area contributed by atoms with Crippen LogP contribution in [0.25, 0.3) is 33.1 Å². The third-order valence-electron chi connectivity index (χ3n) is 4.03. The molecular weight excluding hydrogens is 304 g/mol. The van der Waals surface area contributed by atoms with E-state index in [1.807, 2.05) is 60.9 Å². The van der Waals surface area contributed by atoms with Crippen LogP contribution in [-0.4, -0.2) is 11.4 Å². The zero-order chi connectivity index (χ0) is 15.8. The fourth-order valence-corrected chi connectivity index (χ4v) is 3.40. The summed E-state index contributed by atoms with van der Waals surface area (Å²) in [4.78, 5) is 12.3. The van der Waals surface area contributed by atoms with Crippen LogP contribution in [0.4, 0.5) is 0 Å². The highest BCUT2D eigenvalue weighted by molar-refractivity contribution is 8.13. The number of carbonyl (C=O) groups excluding carboxylic acids is 1. The predicted octanol–water partition coefficient (Wildman–Crippen LogP) is 5.76. The quantitative estimate of drug-likeness (QED) is 0.471. The maximum atomic E-state index is 12.3. The molecule has 4 rings (SSSR count). The molecule has 0 unspecified atom stereocenters. The topological polar surface area (TPSA) is 30.2 Å². The summed E-state index contributed by atoms with van der Waals surface area (Å²) in [6, 6.07) is 21.8. The Bertz CT molecular complexity index is 1030. The van der Waals surface area contributed by atoms with Gasteiger partial charge in [0.25, 0.3) is 0 Å². The molecule has 3 aromatic carbocycles. The van der Waals surface area contributed by atoms with Gasteiger partial charge in [-0.25, -0.2) is 0 Å². The fourth-order valence-electron chi connectivity index (χ4n) is 3.01. The zero-order valence-electron chi connectivity index (χ0n) is 12.6. The van der Waals surface area contributed by atoms with Crippen molar-refractivity contribution in [2.75, 3.05) is 6.26 Å². The first-order valence-corrected chi connectivity index (χ1v) is 8.60. The summed E-state index contributed by atoms with van der Waals surface area (Å²) in [5.74, 6) is 0. The number of fused-ring (bicyclic) bond motifs is 3. The lowest BCUT2D eigenvalue weighted by atomic mass is 9.96. The number of hydrogen-bond donors (Lipinski definition) is 0. The first kappa shape index (κ1) is 14.1. The molecule has 4 aromatic rings. The van der Waals surface area contributed by atoms with Crippen molar-refractivity contribution in [3.63, 3.8) is 0 Å². The molecule has 0 bridgehead atoms. The van der Waals surface area contributed by atoms with Crippen LogP contribution in [0.15, 0.2) is 71.1 Å². The third-order valence-corrected chi connectivity index (χ3v) is 4.62. The van der Waals surface area contributed by atoms with E-state index < -0.39 is 0 Å². The number of carbonyl (C=O) groups is 1. The van der Waals surface area contributed by atoms with Crippen LogP contribution in [0.2, 0.25) is 0 Å². The molecule has 0 aliphatic heterocycles. The van der Waals surface area contributed by atoms with Crippen LogP contribution < -0.4 is 0 Å². The van der Waals surface area contributed by atoms with Gasteiger partial charge in [0, 0.05) is 16.3 Å². The van der Waals surface area contributed by atoms with Gasteiger partial charge in [0.05, 0.1) is 0 Å². The van der Waals surface area contributed by atoms with Crippen LogP contribution in [0.5, 0.6) is 0 Å². The predicted molar refractivity (Wildman–Crippen MR) is 97.0 cm³/mol. The second-order valence-electron chi connectivity index (χ2n) is 5.31. The van der Waals surface area contributed by atoms with Gasteiger partial charge >= 0.3 is 0 Å². The number of rotatable bonds is 2. The Kier molecular flexibility index (Phi) is 3.43. The van der Waals surface area contributed by atoms with Crippen molar-refractivity contribution in [3.05, 3.63) is 72.3 Å². The standard InChI is InChI=1S/C20H14O2S/c1-23-20(21)15-8-3-2-7-13(15)14-10-6-12-18-19(14)16-9-4-5-11-17(16)22-18/h2-12H,1H3.